The number of aliphatic hydroxyl groups is 2. The molecule has 0 aromatic carbocycles. The summed E-state index contributed by atoms with van der Waals surface area (Å²) in [4.78, 5) is 34.8. The first kappa shape index (κ1) is 50.9. The van der Waals surface area contributed by atoms with Crippen LogP contribution in [-0.2, 0) is 32.7 Å². The molecule has 0 radical (unpaired) electrons. The lowest BCUT2D eigenvalue weighted by molar-refractivity contribution is -0.161. The quantitative estimate of drug-likeness (QED) is 0.0246. The van der Waals surface area contributed by atoms with Crippen LogP contribution in [0.3, 0.4) is 0 Å². The van der Waals surface area contributed by atoms with Crippen molar-refractivity contribution in [1.82, 2.24) is 0 Å². The summed E-state index contributed by atoms with van der Waals surface area (Å²) in [6.45, 7) is 2.07. The molecule has 3 N–H and O–H groups in total. The molecule has 0 amide bonds. The standard InChI is InChI=1S/C43H69O10P/c1-3-5-7-9-11-13-15-17-18-19-20-21-23-24-26-28-30-32-34-42(46)50-38-41(39-52-54(48,49)51-37-40(45)36-44)53-43(47)35-33-31-29-27-25-22-16-14-12-10-8-6-4-2/h6,8,10,12,14-22,25,27,29,40-41,44-45H,3-5,7,9,11,13,23-24,26,28,30-39H2,1-2H3,(H,48,49)/b8-6+,12-10+,16-14+,17-15+,19-18+,21-20+,25-22+,29-27+/t40-,41?/m1/s1. The molecule has 3 atom stereocenters. The Labute approximate surface area is 325 Å². The Morgan fingerprint density at radius 2 is 1.04 bits per heavy atom. The number of ether oxygens (including phenoxy) is 2. The van der Waals surface area contributed by atoms with E-state index in [4.69, 9.17) is 19.1 Å². The maximum Gasteiger partial charge on any atom is 0.472 e. The summed E-state index contributed by atoms with van der Waals surface area (Å²) in [6.07, 6.45) is 45.3. The highest BCUT2D eigenvalue weighted by Crippen LogP contribution is 2.43. The largest absolute Gasteiger partial charge is 0.472 e. The van der Waals surface area contributed by atoms with Gasteiger partial charge in [0.05, 0.1) is 19.8 Å². The van der Waals surface area contributed by atoms with Gasteiger partial charge in [0, 0.05) is 12.8 Å². The van der Waals surface area contributed by atoms with Crippen LogP contribution in [0.5, 0.6) is 0 Å². The van der Waals surface area contributed by atoms with Gasteiger partial charge in [-0.2, -0.15) is 0 Å². The van der Waals surface area contributed by atoms with Gasteiger partial charge in [-0.15, -0.1) is 0 Å². The fraction of sp³-hybridized carbons (Fsp3) is 0.581. The van der Waals surface area contributed by atoms with E-state index >= 15 is 0 Å². The molecule has 0 fully saturated rings. The first-order valence-corrected chi connectivity index (χ1v) is 21.3. The Morgan fingerprint density at radius 3 is 1.59 bits per heavy atom. The fourth-order valence-electron chi connectivity index (χ4n) is 4.61. The average molecular weight is 777 g/mol. The minimum atomic E-state index is -4.64. The van der Waals surface area contributed by atoms with E-state index in [9.17, 15) is 24.2 Å². The normalized spacial score (nSPS) is 15.0. The number of phosphoric ester groups is 1. The Hall–Kier alpha value is -3.11. The van der Waals surface area contributed by atoms with Gasteiger partial charge < -0.3 is 24.6 Å². The topological polar surface area (TPSA) is 149 Å². The van der Waals surface area contributed by atoms with Gasteiger partial charge in [0.1, 0.15) is 12.7 Å². The van der Waals surface area contributed by atoms with Crippen LogP contribution in [-0.4, -0.2) is 65.7 Å². The zero-order valence-corrected chi connectivity index (χ0v) is 33.8. The number of aliphatic hydroxyl groups excluding tert-OH is 2. The molecule has 0 aliphatic carbocycles. The summed E-state index contributed by atoms with van der Waals surface area (Å²) in [5, 5.41) is 18.3. The number of phosphoric acid groups is 1. The summed E-state index contributed by atoms with van der Waals surface area (Å²) in [5.74, 6) is -1.05. The van der Waals surface area contributed by atoms with Crippen LogP contribution in [0.25, 0.3) is 0 Å². The van der Waals surface area contributed by atoms with Gasteiger partial charge >= 0.3 is 19.8 Å². The lowest BCUT2D eigenvalue weighted by Crippen LogP contribution is -2.29. The van der Waals surface area contributed by atoms with Crippen molar-refractivity contribution >= 4 is 19.8 Å². The number of carbonyl (C=O) groups is 2. The van der Waals surface area contributed by atoms with Crippen molar-refractivity contribution in [1.29, 1.82) is 0 Å². The summed E-state index contributed by atoms with van der Waals surface area (Å²) in [7, 11) is -4.64. The predicted octanol–water partition coefficient (Wildman–Crippen LogP) is 10.0. The van der Waals surface area contributed by atoms with Crippen molar-refractivity contribution in [2.75, 3.05) is 26.4 Å². The monoisotopic (exact) mass is 776 g/mol. The predicted molar refractivity (Wildman–Crippen MR) is 219 cm³/mol. The minimum Gasteiger partial charge on any atom is -0.462 e. The van der Waals surface area contributed by atoms with Gasteiger partial charge in [-0.05, 0) is 51.4 Å². The second kappa shape index (κ2) is 38.2. The first-order chi connectivity index (χ1) is 26.2. The third-order valence-electron chi connectivity index (χ3n) is 7.66. The summed E-state index contributed by atoms with van der Waals surface area (Å²) in [6, 6.07) is 0. The Kier molecular flexibility index (Phi) is 36.0. The van der Waals surface area contributed by atoms with Gasteiger partial charge in [-0.25, -0.2) is 4.57 Å². The maximum absolute atomic E-state index is 12.5. The molecule has 0 spiro atoms. The SMILES string of the molecule is CC/C=C/C=C/C=C/C=C/C=C/CCCC(=O)OC(COC(=O)CCCCCCC/C=C/C=C/C=C/CCCCCCC)COP(=O)(O)OC[C@H](O)CO. The Balaban J connectivity index is 4.50. The molecule has 0 saturated carbocycles. The highest BCUT2D eigenvalue weighted by molar-refractivity contribution is 7.47. The molecule has 0 aromatic rings. The molecule has 0 aliphatic heterocycles. The van der Waals surface area contributed by atoms with Crippen molar-refractivity contribution in [3.8, 4) is 0 Å². The molecule has 54 heavy (non-hydrogen) atoms. The minimum absolute atomic E-state index is 0.0770. The number of esters is 2. The van der Waals surface area contributed by atoms with Crippen molar-refractivity contribution in [2.24, 2.45) is 0 Å². The van der Waals surface area contributed by atoms with E-state index in [2.05, 4.69) is 60.9 Å². The van der Waals surface area contributed by atoms with Crippen LogP contribution in [0.4, 0.5) is 0 Å². The van der Waals surface area contributed by atoms with Crippen molar-refractivity contribution < 1.29 is 47.8 Å². The van der Waals surface area contributed by atoms with Crippen LogP contribution in [0.2, 0.25) is 0 Å². The Morgan fingerprint density at radius 1 is 0.574 bits per heavy atom. The third kappa shape index (κ3) is 37.2. The molecule has 2 unspecified atom stereocenters. The van der Waals surface area contributed by atoms with E-state index in [-0.39, 0.29) is 19.4 Å². The molecular weight excluding hydrogens is 707 g/mol. The smallest absolute Gasteiger partial charge is 0.462 e. The molecule has 11 heteroatoms. The second-order valence-corrected chi connectivity index (χ2v) is 14.2. The molecule has 10 nitrogen and oxygen atoms in total. The summed E-state index contributed by atoms with van der Waals surface area (Å²) in [5.41, 5.74) is 0. The number of hydrogen-bond donors (Lipinski definition) is 3. The van der Waals surface area contributed by atoms with Crippen molar-refractivity contribution in [3.05, 3.63) is 97.2 Å². The van der Waals surface area contributed by atoms with Crippen LogP contribution in [0.15, 0.2) is 97.2 Å². The highest BCUT2D eigenvalue weighted by Gasteiger charge is 2.27. The van der Waals surface area contributed by atoms with Crippen LogP contribution < -0.4 is 0 Å². The van der Waals surface area contributed by atoms with E-state index in [1.807, 2.05) is 54.7 Å². The number of unbranched alkanes of at least 4 members (excludes halogenated alkanes) is 11. The summed E-state index contributed by atoms with van der Waals surface area (Å²) < 4.78 is 32.5. The van der Waals surface area contributed by atoms with Crippen LogP contribution in [0.1, 0.15) is 123 Å². The van der Waals surface area contributed by atoms with Gasteiger partial charge in [-0.1, -0.05) is 156 Å². The van der Waals surface area contributed by atoms with E-state index in [1.165, 1.54) is 32.1 Å². The molecule has 0 aliphatic rings. The number of allylic oxidation sites excluding steroid dienone is 16. The lowest BCUT2D eigenvalue weighted by atomic mass is 10.1. The Bertz CT molecular complexity index is 1210. The van der Waals surface area contributed by atoms with E-state index in [0.29, 0.717) is 19.3 Å². The van der Waals surface area contributed by atoms with Gasteiger partial charge in [-0.3, -0.25) is 18.6 Å². The second-order valence-electron chi connectivity index (χ2n) is 12.8. The molecule has 0 heterocycles. The maximum atomic E-state index is 12.5. The van der Waals surface area contributed by atoms with Crippen LogP contribution in [0, 0.1) is 0 Å². The van der Waals surface area contributed by atoms with Gasteiger partial charge in [0.25, 0.3) is 0 Å². The van der Waals surface area contributed by atoms with E-state index in [0.717, 1.165) is 44.9 Å². The lowest BCUT2D eigenvalue weighted by Gasteiger charge is -2.20. The molecular formula is C43H69O10P. The number of hydrogen-bond acceptors (Lipinski definition) is 9. The van der Waals surface area contributed by atoms with Crippen molar-refractivity contribution in [2.45, 2.75) is 135 Å². The molecule has 306 valence electrons. The first-order valence-electron chi connectivity index (χ1n) is 19.8. The third-order valence-corrected chi connectivity index (χ3v) is 8.61. The molecule has 0 rings (SSSR count). The number of rotatable bonds is 35. The van der Waals surface area contributed by atoms with Gasteiger partial charge in [0.2, 0.25) is 0 Å². The molecule has 0 bridgehead atoms. The zero-order valence-electron chi connectivity index (χ0n) is 32.9. The molecule has 0 saturated heterocycles. The average Bonchev–Trinajstić information content (AvgIpc) is 3.16. The van der Waals surface area contributed by atoms with E-state index in [1.54, 1.807) is 0 Å². The summed E-state index contributed by atoms with van der Waals surface area (Å²) >= 11 is 0. The van der Waals surface area contributed by atoms with E-state index < -0.39 is 51.8 Å². The van der Waals surface area contributed by atoms with Crippen LogP contribution >= 0.6 is 7.82 Å². The van der Waals surface area contributed by atoms with Crippen molar-refractivity contribution in [3.63, 3.8) is 0 Å². The fourth-order valence-corrected chi connectivity index (χ4v) is 5.40. The molecule has 0 aromatic heterocycles. The zero-order chi connectivity index (χ0) is 39.8. The van der Waals surface area contributed by atoms with Gasteiger partial charge in [0.15, 0.2) is 6.10 Å². The number of carbonyl (C=O) groups excluding carboxylic acids is 2. The highest BCUT2D eigenvalue weighted by atomic mass is 31.2.